The van der Waals surface area contributed by atoms with Crippen molar-refractivity contribution in [3.05, 3.63) is 94.7 Å². The third kappa shape index (κ3) is 6.65. The van der Waals surface area contributed by atoms with Crippen LogP contribution in [-0.4, -0.2) is 47.0 Å². The first kappa shape index (κ1) is 27.9. The summed E-state index contributed by atoms with van der Waals surface area (Å²) in [6.45, 7) is 3.92. The van der Waals surface area contributed by atoms with Crippen LogP contribution < -0.4 is 20.1 Å². The van der Waals surface area contributed by atoms with Crippen molar-refractivity contribution in [1.82, 2.24) is 10.2 Å². The van der Waals surface area contributed by atoms with E-state index in [4.69, 9.17) is 14.6 Å². The van der Waals surface area contributed by atoms with E-state index in [1.807, 2.05) is 26.0 Å². The number of amides is 4. The number of para-hydroxylation sites is 1. The van der Waals surface area contributed by atoms with E-state index in [1.165, 1.54) is 18.2 Å². The zero-order valence-electron chi connectivity index (χ0n) is 22.1. The largest absolute Gasteiger partial charge is 0.490 e. The van der Waals surface area contributed by atoms with Gasteiger partial charge in [0.25, 0.3) is 5.91 Å². The van der Waals surface area contributed by atoms with Gasteiger partial charge < -0.3 is 25.2 Å². The summed E-state index contributed by atoms with van der Waals surface area (Å²) in [5, 5.41) is 14.3. The number of nitrogens with zero attached hydrogens (tertiary/aromatic N) is 1. The fourth-order valence-corrected chi connectivity index (χ4v) is 4.07. The number of hydrogen-bond donors (Lipinski definition) is 3. The minimum absolute atomic E-state index is 0.0291. The molecule has 3 N–H and O–H groups in total. The van der Waals surface area contributed by atoms with Gasteiger partial charge in [0, 0.05) is 5.69 Å². The standard InChI is InChI=1S/C30H29N3O7/c1-3-21-7-5-6-8-23(21)31-27(34)17-33-28(35)24(32-30(33)38)15-20-11-14-25(26(16-20)39-4-2)40-18-19-9-12-22(13-10-19)29(36)37/h5-16H,3-4,17-18H2,1-2H3,(H,31,34)(H,32,38)(H,36,37)/b24-15+. The Balaban J connectivity index is 1.44. The Morgan fingerprint density at radius 2 is 1.73 bits per heavy atom. The molecule has 1 heterocycles. The van der Waals surface area contributed by atoms with Crippen molar-refractivity contribution in [2.24, 2.45) is 0 Å². The molecule has 1 aliphatic heterocycles. The second-order valence-electron chi connectivity index (χ2n) is 8.87. The number of rotatable bonds is 11. The molecule has 4 amide bonds. The normalized spacial score (nSPS) is 13.8. The summed E-state index contributed by atoms with van der Waals surface area (Å²) in [4.78, 5) is 49.9. The van der Waals surface area contributed by atoms with Gasteiger partial charge in [-0.1, -0.05) is 43.3 Å². The summed E-state index contributed by atoms with van der Waals surface area (Å²) in [5.41, 5.74) is 3.16. The van der Waals surface area contributed by atoms with Crippen LogP contribution in [0.4, 0.5) is 10.5 Å². The van der Waals surface area contributed by atoms with Gasteiger partial charge in [0.2, 0.25) is 5.91 Å². The van der Waals surface area contributed by atoms with E-state index in [0.29, 0.717) is 29.4 Å². The first-order valence-electron chi connectivity index (χ1n) is 12.7. The molecule has 40 heavy (non-hydrogen) atoms. The summed E-state index contributed by atoms with van der Waals surface area (Å²) < 4.78 is 11.6. The van der Waals surface area contributed by atoms with Crippen molar-refractivity contribution < 1.29 is 33.8 Å². The molecule has 0 bridgehead atoms. The molecule has 0 unspecified atom stereocenters. The van der Waals surface area contributed by atoms with Gasteiger partial charge in [0.05, 0.1) is 12.2 Å². The van der Waals surface area contributed by atoms with Gasteiger partial charge in [-0.15, -0.1) is 0 Å². The third-order valence-electron chi connectivity index (χ3n) is 6.11. The Bertz CT molecular complexity index is 1460. The first-order chi connectivity index (χ1) is 19.3. The highest BCUT2D eigenvalue weighted by Crippen LogP contribution is 2.30. The van der Waals surface area contributed by atoms with E-state index >= 15 is 0 Å². The molecule has 0 spiro atoms. The Hall–Kier alpha value is -5.12. The number of hydrogen-bond acceptors (Lipinski definition) is 6. The fourth-order valence-electron chi connectivity index (χ4n) is 4.07. The molecule has 0 atom stereocenters. The van der Waals surface area contributed by atoms with E-state index in [-0.39, 0.29) is 17.9 Å². The summed E-state index contributed by atoms with van der Waals surface area (Å²) in [6.07, 6.45) is 2.22. The van der Waals surface area contributed by atoms with E-state index in [0.717, 1.165) is 22.4 Å². The topological polar surface area (TPSA) is 134 Å². The number of carbonyl (C=O) groups is 4. The van der Waals surface area contributed by atoms with E-state index in [1.54, 1.807) is 42.5 Å². The molecule has 0 aromatic heterocycles. The summed E-state index contributed by atoms with van der Waals surface area (Å²) >= 11 is 0. The van der Waals surface area contributed by atoms with Gasteiger partial charge in [-0.05, 0) is 66.4 Å². The molecule has 10 nitrogen and oxygen atoms in total. The molecule has 10 heteroatoms. The number of aryl methyl sites for hydroxylation is 1. The number of carbonyl (C=O) groups excluding carboxylic acids is 3. The lowest BCUT2D eigenvalue weighted by atomic mass is 10.1. The van der Waals surface area contributed by atoms with Crippen molar-refractivity contribution in [2.45, 2.75) is 26.9 Å². The maximum Gasteiger partial charge on any atom is 0.335 e. The lowest BCUT2D eigenvalue weighted by Crippen LogP contribution is -2.38. The van der Waals surface area contributed by atoms with Crippen LogP contribution in [0.25, 0.3) is 6.08 Å². The molecule has 3 aromatic rings. The van der Waals surface area contributed by atoms with Gasteiger partial charge >= 0.3 is 12.0 Å². The molecule has 1 aliphatic rings. The van der Waals surface area contributed by atoms with Crippen LogP contribution in [-0.2, 0) is 22.6 Å². The lowest BCUT2D eigenvalue weighted by molar-refractivity contribution is -0.127. The van der Waals surface area contributed by atoms with Crippen molar-refractivity contribution in [1.29, 1.82) is 0 Å². The van der Waals surface area contributed by atoms with Crippen molar-refractivity contribution in [3.8, 4) is 11.5 Å². The third-order valence-corrected chi connectivity index (χ3v) is 6.11. The number of nitrogens with one attached hydrogen (secondary N) is 2. The van der Waals surface area contributed by atoms with Gasteiger partial charge in [0.1, 0.15) is 18.8 Å². The van der Waals surface area contributed by atoms with Crippen LogP contribution in [0.15, 0.2) is 72.4 Å². The number of anilines is 1. The van der Waals surface area contributed by atoms with Gasteiger partial charge in [-0.25, -0.2) is 14.5 Å². The van der Waals surface area contributed by atoms with Crippen LogP contribution in [0, 0.1) is 0 Å². The number of imide groups is 1. The SMILES string of the molecule is CCOc1cc(/C=C2/NC(=O)N(CC(=O)Nc3ccccc3CC)C2=O)ccc1OCc1ccc(C(=O)O)cc1. The summed E-state index contributed by atoms with van der Waals surface area (Å²) in [5.74, 6) is -1.22. The zero-order valence-corrected chi connectivity index (χ0v) is 22.1. The van der Waals surface area contributed by atoms with Crippen molar-refractivity contribution in [3.63, 3.8) is 0 Å². The van der Waals surface area contributed by atoms with Gasteiger partial charge in [-0.3, -0.25) is 9.59 Å². The predicted molar refractivity (Wildman–Crippen MR) is 148 cm³/mol. The van der Waals surface area contributed by atoms with E-state index < -0.39 is 30.4 Å². The maximum atomic E-state index is 12.9. The highest BCUT2D eigenvalue weighted by Gasteiger charge is 2.35. The molecule has 3 aromatic carbocycles. The van der Waals surface area contributed by atoms with Crippen molar-refractivity contribution >= 4 is 35.6 Å². The van der Waals surface area contributed by atoms with Crippen LogP contribution in [0.3, 0.4) is 0 Å². The maximum absolute atomic E-state index is 12.9. The highest BCUT2D eigenvalue weighted by molar-refractivity contribution is 6.16. The van der Waals surface area contributed by atoms with Crippen LogP contribution in [0.5, 0.6) is 11.5 Å². The number of urea groups is 1. The monoisotopic (exact) mass is 543 g/mol. The summed E-state index contributed by atoms with van der Waals surface area (Å²) in [6, 6.07) is 18.1. The molecule has 206 valence electrons. The Morgan fingerprint density at radius 3 is 2.42 bits per heavy atom. The molecule has 1 saturated heterocycles. The zero-order chi connectivity index (χ0) is 28.6. The first-order valence-corrected chi connectivity index (χ1v) is 12.7. The predicted octanol–water partition coefficient (Wildman–Crippen LogP) is 4.46. The Kier molecular flexibility index (Phi) is 8.80. The number of ether oxygens (including phenoxy) is 2. The molecule has 0 radical (unpaired) electrons. The van der Waals surface area contributed by atoms with E-state index in [9.17, 15) is 19.2 Å². The number of aromatic carboxylic acids is 1. The molecule has 4 rings (SSSR count). The second kappa shape index (κ2) is 12.6. The van der Waals surface area contributed by atoms with Gasteiger partial charge in [0.15, 0.2) is 11.5 Å². The van der Waals surface area contributed by atoms with E-state index in [2.05, 4.69) is 10.6 Å². The van der Waals surface area contributed by atoms with Crippen LogP contribution in [0.1, 0.15) is 40.9 Å². The number of carboxylic acid groups (broad SMARTS) is 1. The average Bonchev–Trinajstić information content (AvgIpc) is 3.20. The smallest absolute Gasteiger partial charge is 0.335 e. The molecule has 1 fully saturated rings. The van der Waals surface area contributed by atoms with Crippen molar-refractivity contribution in [2.75, 3.05) is 18.5 Å². The fraction of sp³-hybridized carbons (Fsp3) is 0.200. The molecule has 0 saturated carbocycles. The summed E-state index contributed by atoms with van der Waals surface area (Å²) in [7, 11) is 0. The molecular formula is C30H29N3O7. The molecule has 0 aliphatic carbocycles. The average molecular weight is 544 g/mol. The minimum Gasteiger partial charge on any atom is -0.490 e. The number of benzene rings is 3. The Labute approximate surface area is 231 Å². The lowest BCUT2D eigenvalue weighted by Gasteiger charge is -2.14. The quantitative estimate of drug-likeness (QED) is 0.240. The molecular weight excluding hydrogens is 514 g/mol. The Morgan fingerprint density at radius 1 is 0.975 bits per heavy atom. The van der Waals surface area contributed by atoms with Crippen LogP contribution in [0.2, 0.25) is 0 Å². The van der Waals surface area contributed by atoms with Gasteiger partial charge in [-0.2, -0.15) is 0 Å². The highest BCUT2D eigenvalue weighted by atomic mass is 16.5. The second-order valence-corrected chi connectivity index (χ2v) is 8.87. The number of carboxylic acids is 1. The minimum atomic E-state index is -1.00. The van der Waals surface area contributed by atoms with Crippen LogP contribution >= 0.6 is 0 Å².